The summed E-state index contributed by atoms with van der Waals surface area (Å²) in [5.74, 6) is -2.82. The quantitative estimate of drug-likeness (QED) is 0.0147. The van der Waals surface area contributed by atoms with Crippen LogP contribution in [0.5, 0.6) is 5.75 Å². The van der Waals surface area contributed by atoms with Gasteiger partial charge in [0.15, 0.2) is 0 Å². The summed E-state index contributed by atoms with van der Waals surface area (Å²) in [5, 5.41) is 33.1. The molecular formula is C85H116N12O23. The molecule has 1 aliphatic carbocycles. The van der Waals surface area contributed by atoms with Crippen LogP contribution >= 0.6 is 0 Å². The van der Waals surface area contributed by atoms with Crippen LogP contribution in [0.25, 0.3) is 22.3 Å². The molecule has 1 saturated carbocycles. The maximum Gasteiger partial charge on any atom is 0.509 e. The third-order valence-electron chi connectivity index (χ3n) is 20.7. The van der Waals surface area contributed by atoms with Gasteiger partial charge in [0.25, 0.3) is 5.56 Å². The van der Waals surface area contributed by atoms with Crippen LogP contribution in [0, 0.1) is 24.7 Å². The predicted octanol–water partition coefficient (Wildman–Crippen LogP) is 5.18. The predicted molar refractivity (Wildman–Crippen MR) is 436 cm³/mol. The first-order valence-corrected chi connectivity index (χ1v) is 41.4. The van der Waals surface area contributed by atoms with Gasteiger partial charge >= 0.3 is 12.1 Å². The van der Waals surface area contributed by atoms with Crippen molar-refractivity contribution in [2.75, 3.05) is 150 Å². The SMILES string of the molecule is CCOC(=O)O[C@]1(CC)C(=O)OCc2c1cc1n(c2=O)Cc2c-1nc1ccc(O)cc1c2CC.Cc1ccc(NC(=O)[C@H](CCCCN)NC(=O)[C@H](Cc2ccccc2)NC(=O)COCC(=O)NCCOCCOCCOCCOCCOCCOCCOCCOCCn2cc(CNC(=O)C3CCC(CN4C(=O)CC(C)C4=O)CC3)nn2)cc1. The number of pyridine rings is 2. The molecule has 120 heavy (non-hydrogen) atoms. The van der Waals surface area contributed by atoms with Gasteiger partial charge in [-0.25, -0.2) is 19.3 Å². The van der Waals surface area contributed by atoms with E-state index in [1.165, 1.54) is 4.90 Å². The number of anilines is 1. The molecule has 654 valence electrons. The highest BCUT2D eigenvalue weighted by atomic mass is 16.7. The highest BCUT2D eigenvalue weighted by molar-refractivity contribution is 6.03. The first kappa shape index (κ1) is 93.7. The second-order valence-corrected chi connectivity index (χ2v) is 29.4. The second-order valence-electron chi connectivity index (χ2n) is 29.4. The van der Waals surface area contributed by atoms with Crippen molar-refractivity contribution < 1.29 is 105 Å². The van der Waals surface area contributed by atoms with Gasteiger partial charge in [0.2, 0.25) is 47.0 Å². The minimum Gasteiger partial charge on any atom is -0.508 e. The normalized spacial score (nSPS) is 17.1. The molecule has 35 heteroatoms. The number of carbonyl (C=O) groups excluding carboxylic acids is 9. The van der Waals surface area contributed by atoms with Crippen molar-refractivity contribution in [3.8, 4) is 17.1 Å². The largest absolute Gasteiger partial charge is 0.509 e. The zero-order chi connectivity index (χ0) is 85.6. The Morgan fingerprint density at radius 3 is 1.93 bits per heavy atom. The lowest BCUT2D eigenvalue weighted by molar-refractivity contribution is -0.175. The van der Waals surface area contributed by atoms with Gasteiger partial charge in [-0.1, -0.05) is 74.0 Å². The van der Waals surface area contributed by atoms with Crippen LogP contribution in [0.4, 0.5) is 10.5 Å². The topological polar surface area (TPSA) is 440 Å². The van der Waals surface area contributed by atoms with E-state index >= 15 is 0 Å². The van der Waals surface area contributed by atoms with Gasteiger partial charge in [0, 0.05) is 60.0 Å². The number of nitrogens with one attached hydrogen (secondary N) is 5. The molecule has 35 nitrogen and oxygen atoms in total. The summed E-state index contributed by atoms with van der Waals surface area (Å²) in [5.41, 5.74) is 11.0. The Bertz CT molecular complexity index is 4390. The number of aromatic hydroxyl groups is 1. The Balaban J connectivity index is 0.000000395. The average Bonchev–Trinajstić information content (AvgIpc) is 1.47. The maximum absolute atomic E-state index is 13.7. The van der Waals surface area contributed by atoms with Crippen LogP contribution in [-0.4, -0.2) is 245 Å². The number of benzene rings is 3. The summed E-state index contributed by atoms with van der Waals surface area (Å²) < 4.78 is 68.7. The summed E-state index contributed by atoms with van der Waals surface area (Å²) in [7, 11) is 0. The Kier molecular flexibility index (Phi) is 38.6. The fraction of sp³-hybridized carbons (Fsp3) is 0.565. The third kappa shape index (κ3) is 28.5. The van der Waals surface area contributed by atoms with Gasteiger partial charge < -0.3 is 98.8 Å². The third-order valence-corrected chi connectivity index (χ3v) is 20.7. The number of unbranched alkanes of at least 4 members (excludes halogenated alkanes) is 1. The molecule has 7 amide bonds. The number of ether oxygens (including phenoxy) is 12. The van der Waals surface area contributed by atoms with Gasteiger partial charge in [0.1, 0.15) is 43.3 Å². The lowest BCUT2D eigenvalue weighted by atomic mass is 9.81. The monoisotopic (exact) mass is 1670 g/mol. The highest BCUT2D eigenvalue weighted by Crippen LogP contribution is 2.43. The molecule has 0 bridgehead atoms. The van der Waals surface area contributed by atoms with E-state index in [0.717, 1.165) is 53.3 Å². The second kappa shape index (κ2) is 49.5. The van der Waals surface area contributed by atoms with Gasteiger partial charge in [-0.2, -0.15) is 0 Å². The minimum atomic E-state index is -1.78. The van der Waals surface area contributed by atoms with E-state index in [4.69, 9.17) is 67.6 Å². The number of aryl methyl sites for hydroxylation is 2. The van der Waals surface area contributed by atoms with Crippen molar-refractivity contribution in [3.05, 3.63) is 134 Å². The molecule has 6 aromatic rings. The number of nitrogens with two attached hydrogens (primary N) is 1. The Hall–Kier alpha value is -10.2. The van der Waals surface area contributed by atoms with E-state index in [2.05, 4.69) is 36.9 Å². The smallest absolute Gasteiger partial charge is 0.508 e. The van der Waals surface area contributed by atoms with Gasteiger partial charge in [0.05, 0.1) is 161 Å². The number of amides is 7. The van der Waals surface area contributed by atoms with Crippen molar-refractivity contribution in [2.45, 2.75) is 149 Å². The number of hydrogen-bond acceptors (Lipinski definition) is 27. The van der Waals surface area contributed by atoms with E-state index < -0.39 is 54.1 Å². The van der Waals surface area contributed by atoms with Crippen molar-refractivity contribution in [1.29, 1.82) is 0 Å². The van der Waals surface area contributed by atoms with Gasteiger partial charge in [-0.3, -0.25) is 43.3 Å². The molecule has 10 rings (SSSR count). The molecule has 6 heterocycles. The molecule has 0 spiro atoms. The molecule has 4 atom stereocenters. The zero-order valence-corrected chi connectivity index (χ0v) is 69.3. The van der Waals surface area contributed by atoms with Crippen LogP contribution in [0.2, 0.25) is 0 Å². The van der Waals surface area contributed by atoms with Crippen LogP contribution in [-0.2, 0) is 140 Å². The summed E-state index contributed by atoms with van der Waals surface area (Å²) in [6, 6.07) is 21.3. The lowest BCUT2D eigenvalue weighted by Gasteiger charge is -2.35. The number of carbonyl (C=O) groups is 9. The van der Waals surface area contributed by atoms with E-state index in [0.29, 0.717) is 191 Å². The van der Waals surface area contributed by atoms with Crippen LogP contribution in [0.15, 0.2) is 89.9 Å². The molecule has 3 aromatic carbocycles. The van der Waals surface area contributed by atoms with Crippen molar-refractivity contribution in [3.63, 3.8) is 0 Å². The van der Waals surface area contributed by atoms with Crippen molar-refractivity contribution in [1.82, 2.24) is 50.7 Å². The molecule has 1 saturated heterocycles. The first-order valence-electron chi connectivity index (χ1n) is 41.4. The van der Waals surface area contributed by atoms with E-state index in [9.17, 15) is 53.1 Å². The van der Waals surface area contributed by atoms with Gasteiger partial charge in [-0.05, 0) is 132 Å². The van der Waals surface area contributed by atoms with Gasteiger partial charge in [-0.15, -0.1) is 5.10 Å². The summed E-state index contributed by atoms with van der Waals surface area (Å²) >= 11 is 0. The number of phenols is 1. The first-order chi connectivity index (χ1) is 58.2. The Morgan fingerprint density at radius 1 is 0.692 bits per heavy atom. The average molecular weight is 1670 g/mol. The van der Waals surface area contributed by atoms with E-state index in [-0.39, 0.29) is 111 Å². The molecule has 0 radical (unpaired) electrons. The number of esters is 1. The molecule has 4 aliphatic rings. The van der Waals surface area contributed by atoms with Crippen molar-refractivity contribution >= 4 is 70.1 Å². The number of cyclic esters (lactones) is 1. The molecular weight excluding hydrogens is 1560 g/mol. The van der Waals surface area contributed by atoms with E-state index in [1.54, 1.807) is 72.6 Å². The van der Waals surface area contributed by atoms with Crippen LogP contribution in [0.1, 0.15) is 125 Å². The number of aromatic nitrogens is 5. The van der Waals surface area contributed by atoms with E-state index in [1.807, 2.05) is 56.3 Å². The number of likely N-dealkylation sites (tertiary alicyclic amines) is 1. The number of nitrogens with zero attached hydrogens (tertiary/aromatic N) is 6. The molecule has 3 aromatic heterocycles. The molecule has 2 fully saturated rings. The van der Waals surface area contributed by atoms with Crippen molar-refractivity contribution in [2.24, 2.45) is 23.5 Å². The Labute approximate surface area is 697 Å². The number of hydrogen-bond donors (Lipinski definition) is 7. The standard InChI is InChI=1S/C60H92N10O16.C25H24N2O7/c1-45-11-17-50(18-12-45)64-58(75)52(10-6-7-19-61)66-59(76)53(39-47-8-4-3-5-9-47)65-55(72)44-86-43-54(71)62-20-22-78-24-26-80-28-30-82-32-34-84-36-37-85-35-33-83-31-29-81-27-25-79-23-21-69-42-51(67-68-69)40-63-57(74)49-15-13-48(14-16-49)41-70-56(73)38-46(2)60(70)77;1-4-14-15-9-13(28)7-8-19(15)26-21-16(14)11-27-20(21)10-18-17(22(27)29)12-33-23(30)25(18,5-2)34-24(31)32-6-3/h3-5,8-9,11-12,17-18,42,46,48-49,52-53H,6-7,10,13-16,19-41,43-44,61H2,1-2H3,(H,62,71)(H,63,74)(H,64,75)(H,65,72)(H,66,76);7-10,28H,4-6,11-12H2,1-3H3/t46?,48?,49?,52-,53-;25-/m00/s1. The zero-order valence-electron chi connectivity index (χ0n) is 69.3. The number of rotatable bonds is 51. The molecule has 8 N–H and O–H groups in total. The highest BCUT2D eigenvalue weighted by Gasteiger charge is 2.51. The summed E-state index contributed by atoms with van der Waals surface area (Å²) in [6.45, 7) is 16.7. The lowest BCUT2D eigenvalue weighted by Crippen LogP contribution is -2.54. The number of fused-ring (bicyclic) bond motifs is 5. The molecule has 1 unspecified atom stereocenters. The fourth-order valence-electron chi connectivity index (χ4n) is 14.3. The fourth-order valence-corrected chi connectivity index (χ4v) is 14.3. The Morgan fingerprint density at radius 2 is 1.32 bits per heavy atom. The number of phenolic OH excluding ortho intramolecular Hbond substituents is 1. The summed E-state index contributed by atoms with van der Waals surface area (Å²) in [4.78, 5) is 134. The molecule has 3 aliphatic heterocycles. The van der Waals surface area contributed by atoms with Crippen LogP contribution < -0.4 is 37.9 Å². The summed E-state index contributed by atoms with van der Waals surface area (Å²) in [6.07, 6.45) is 6.70. The minimum absolute atomic E-state index is 0.0107. The van der Waals surface area contributed by atoms with Crippen LogP contribution in [0.3, 0.4) is 0 Å². The maximum atomic E-state index is 13.7. The number of imide groups is 1.